The molecule has 160 valence electrons. The van der Waals surface area contributed by atoms with E-state index in [1.165, 1.54) is 6.33 Å². The van der Waals surface area contributed by atoms with Gasteiger partial charge in [-0.05, 0) is 37.7 Å². The molecule has 1 aromatic heterocycles. The number of benzene rings is 2. The molecule has 2 aliphatic heterocycles. The van der Waals surface area contributed by atoms with E-state index < -0.39 is 5.60 Å². The fraction of sp³-hybridized carbons (Fsp3) is 0.318. The molecule has 0 radical (unpaired) electrons. The summed E-state index contributed by atoms with van der Waals surface area (Å²) in [6, 6.07) is 9.35. The van der Waals surface area contributed by atoms with Crippen molar-refractivity contribution in [1.29, 1.82) is 0 Å². The second-order valence-electron chi connectivity index (χ2n) is 8.11. The lowest BCUT2D eigenvalue weighted by molar-refractivity contribution is -0.0599. The van der Waals surface area contributed by atoms with E-state index in [9.17, 15) is 4.79 Å². The summed E-state index contributed by atoms with van der Waals surface area (Å²) in [5.74, 6) is 1.17. The molecular weight excluding hydrogens is 418 g/mol. The van der Waals surface area contributed by atoms with Crippen LogP contribution in [0.5, 0.6) is 5.75 Å². The molecule has 3 heterocycles. The topological polar surface area (TPSA) is 79.8 Å². The van der Waals surface area contributed by atoms with Crippen LogP contribution in [0.15, 0.2) is 36.7 Å². The molecule has 2 fully saturated rings. The van der Waals surface area contributed by atoms with Gasteiger partial charge in [0.25, 0.3) is 0 Å². The van der Waals surface area contributed by atoms with Gasteiger partial charge in [0, 0.05) is 35.3 Å². The number of nitrogens with one attached hydrogen (secondary N) is 1. The van der Waals surface area contributed by atoms with Gasteiger partial charge in [-0.3, -0.25) is 9.80 Å². The van der Waals surface area contributed by atoms with Crippen molar-refractivity contribution >= 4 is 45.8 Å². The first-order chi connectivity index (χ1) is 14.9. The largest absolute Gasteiger partial charge is 0.494 e. The lowest BCUT2D eigenvalue weighted by atomic mass is 9.95. The summed E-state index contributed by atoms with van der Waals surface area (Å²) in [6.45, 7) is 3.85. The summed E-state index contributed by atoms with van der Waals surface area (Å²) >= 11 is 6.27. The number of anilines is 3. The normalized spacial score (nSPS) is 17.7. The van der Waals surface area contributed by atoms with Gasteiger partial charge >= 0.3 is 6.09 Å². The smallest absolute Gasteiger partial charge is 0.415 e. The predicted molar refractivity (Wildman–Crippen MR) is 120 cm³/mol. The number of likely N-dealkylation sites (tertiary alicyclic amines) is 1. The zero-order valence-corrected chi connectivity index (χ0v) is 18.2. The Labute approximate surface area is 184 Å². The van der Waals surface area contributed by atoms with Gasteiger partial charge in [-0.1, -0.05) is 17.7 Å². The molecular formula is C22H22ClN5O3. The van der Waals surface area contributed by atoms with Crippen molar-refractivity contribution in [3.05, 3.63) is 47.2 Å². The third kappa shape index (κ3) is 3.32. The molecule has 9 heteroatoms. The van der Waals surface area contributed by atoms with E-state index >= 15 is 0 Å². The first kappa shape index (κ1) is 19.8. The maximum Gasteiger partial charge on any atom is 0.415 e. The van der Waals surface area contributed by atoms with Crippen LogP contribution < -0.4 is 15.0 Å². The van der Waals surface area contributed by atoms with Crippen LogP contribution in [0.4, 0.5) is 22.0 Å². The van der Waals surface area contributed by atoms with Crippen LogP contribution in [0, 0.1) is 6.92 Å². The molecule has 1 N–H and O–H groups in total. The van der Waals surface area contributed by atoms with Gasteiger partial charge in [-0.2, -0.15) is 0 Å². The quantitative estimate of drug-likeness (QED) is 0.658. The zero-order chi connectivity index (χ0) is 21.8. The Kier molecular flexibility index (Phi) is 4.64. The number of hydrogen-bond donors (Lipinski definition) is 1. The summed E-state index contributed by atoms with van der Waals surface area (Å²) < 4.78 is 11.3. The minimum absolute atomic E-state index is 0.372. The molecule has 8 nitrogen and oxygen atoms in total. The Morgan fingerprint density at radius 3 is 2.77 bits per heavy atom. The number of aromatic nitrogens is 2. The van der Waals surface area contributed by atoms with Crippen LogP contribution in [0.25, 0.3) is 10.9 Å². The summed E-state index contributed by atoms with van der Waals surface area (Å²) in [5, 5.41) is 4.78. The molecule has 0 unspecified atom stereocenters. The highest BCUT2D eigenvalue weighted by atomic mass is 35.5. The summed E-state index contributed by atoms with van der Waals surface area (Å²) in [4.78, 5) is 25.3. The van der Waals surface area contributed by atoms with E-state index in [0.717, 1.165) is 29.7 Å². The zero-order valence-electron chi connectivity index (χ0n) is 17.5. The molecule has 0 saturated carbocycles. The number of likely N-dealkylation sites (N-methyl/N-ethyl adjacent to an activating group) is 1. The minimum Gasteiger partial charge on any atom is -0.494 e. The first-order valence-corrected chi connectivity index (χ1v) is 10.3. The van der Waals surface area contributed by atoms with Crippen molar-refractivity contribution in [2.75, 3.05) is 44.0 Å². The van der Waals surface area contributed by atoms with E-state index in [1.807, 2.05) is 44.3 Å². The van der Waals surface area contributed by atoms with Gasteiger partial charge in [0.15, 0.2) is 5.60 Å². The number of amides is 1. The van der Waals surface area contributed by atoms with Gasteiger partial charge in [-0.25, -0.2) is 14.8 Å². The number of hydrogen-bond acceptors (Lipinski definition) is 7. The van der Waals surface area contributed by atoms with Gasteiger partial charge in [-0.15, -0.1) is 0 Å². The molecule has 1 amide bonds. The van der Waals surface area contributed by atoms with Crippen LogP contribution in [0.3, 0.4) is 0 Å². The number of nitrogens with zero attached hydrogens (tertiary/aromatic N) is 4. The van der Waals surface area contributed by atoms with Crippen molar-refractivity contribution < 1.29 is 14.3 Å². The number of rotatable bonds is 4. The Balaban J connectivity index is 1.57. The molecule has 1 spiro atoms. The molecule has 3 aromatic rings. The van der Waals surface area contributed by atoms with Crippen LogP contribution in [0.2, 0.25) is 5.02 Å². The van der Waals surface area contributed by atoms with Gasteiger partial charge in [0.05, 0.1) is 24.9 Å². The van der Waals surface area contributed by atoms with Gasteiger partial charge in [0.1, 0.15) is 17.9 Å². The SMILES string of the molecule is COc1cc2ncnc(Nc3cccc(Cl)c3C)c2cc1N1CC2(CN(C)C2)OC1=O. The van der Waals surface area contributed by atoms with Crippen molar-refractivity contribution in [2.45, 2.75) is 12.5 Å². The average Bonchev–Trinajstić information content (AvgIpc) is 3.07. The molecule has 2 aromatic carbocycles. The number of ether oxygens (including phenoxy) is 2. The lowest BCUT2D eigenvalue weighted by Crippen LogP contribution is -2.62. The fourth-order valence-corrected chi connectivity index (χ4v) is 4.50. The second-order valence-corrected chi connectivity index (χ2v) is 8.52. The minimum atomic E-state index is -0.460. The number of carbonyl (C=O) groups excluding carboxylic acids is 1. The Hall–Kier alpha value is -3.10. The fourth-order valence-electron chi connectivity index (χ4n) is 4.33. The standard InChI is InChI=1S/C22H22ClN5O3/c1-13-15(23)5-4-6-16(13)26-20-14-7-18(19(30-3)8-17(14)24-12-25-20)28-11-22(31-21(28)29)9-27(2)10-22/h4-8,12H,9-11H2,1-3H3,(H,24,25,26). The second kappa shape index (κ2) is 7.25. The van der Waals surface area contributed by atoms with E-state index in [2.05, 4.69) is 20.2 Å². The van der Waals surface area contributed by atoms with Crippen LogP contribution in [-0.2, 0) is 4.74 Å². The number of fused-ring (bicyclic) bond motifs is 1. The first-order valence-electron chi connectivity index (χ1n) is 9.93. The van der Waals surface area contributed by atoms with Crippen LogP contribution in [-0.4, -0.2) is 60.4 Å². The highest BCUT2D eigenvalue weighted by molar-refractivity contribution is 6.31. The van der Waals surface area contributed by atoms with Crippen LogP contribution in [0.1, 0.15) is 5.56 Å². The van der Waals surface area contributed by atoms with Gasteiger partial charge in [0.2, 0.25) is 0 Å². The molecule has 2 aliphatic rings. The third-order valence-electron chi connectivity index (χ3n) is 5.83. The Morgan fingerprint density at radius 1 is 1.23 bits per heavy atom. The third-order valence-corrected chi connectivity index (χ3v) is 6.24. The highest BCUT2D eigenvalue weighted by Crippen LogP contribution is 2.41. The van der Waals surface area contributed by atoms with E-state index in [4.69, 9.17) is 21.1 Å². The number of halogens is 1. The summed E-state index contributed by atoms with van der Waals surface area (Å²) in [6.07, 6.45) is 1.12. The molecule has 0 aliphatic carbocycles. The highest BCUT2D eigenvalue weighted by Gasteiger charge is 2.53. The predicted octanol–water partition coefficient (Wildman–Crippen LogP) is 3.98. The Bertz CT molecular complexity index is 1200. The molecule has 0 atom stereocenters. The Morgan fingerprint density at radius 2 is 2.03 bits per heavy atom. The number of carbonyl (C=O) groups is 1. The van der Waals surface area contributed by atoms with Crippen molar-refractivity contribution in [3.63, 3.8) is 0 Å². The summed E-state index contributed by atoms with van der Waals surface area (Å²) in [7, 11) is 3.58. The van der Waals surface area contributed by atoms with Crippen molar-refractivity contribution in [3.8, 4) is 5.75 Å². The maximum absolute atomic E-state index is 12.7. The van der Waals surface area contributed by atoms with Crippen molar-refractivity contribution in [2.24, 2.45) is 0 Å². The average molecular weight is 440 g/mol. The molecule has 31 heavy (non-hydrogen) atoms. The lowest BCUT2D eigenvalue weighted by Gasteiger charge is -2.43. The van der Waals surface area contributed by atoms with E-state index in [-0.39, 0.29) is 6.09 Å². The summed E-state index contributed by atoms with van der Waals surface area (Å²) in [5.41, 5.74) is 2.64. The van der Waals surface area contributed by atoms with E-state index in [0.29, 0.717) is 34.3 Å². The molecule has 2 saturated heterocycles. The molecule has 0 bridgehead atoms. The van der Waals surface area contributed by atoms with E-state index in [1.54, 1.807) is 12.0 Å². The van der Waals surface area contributed by atoms with Crippen molar-refractivity contribution in [1.82, 2.24) is 14.9 Å². The molecule has 5 rings (SSSR count). The van der Waals surface area contributed by atoms with Crippen LogP contribution >= 0.6 is 11.6 Å². The monoisotopic (exact) mass is 439 g/mol. The maximum atomic E-state index is 12.7. The number of methoxy groups -OCH3 is 1. The van der Waals surface area contributed by atoms with Gasteiger partial charge < -0.3 is 14.8 Å².